The molecule has 0 saturated heterocycles. The normalized spacial score (nSPS) is 15.0. The zero-order valence-corrected chi connectivity index (χ0v) is 20.9. The number of carbonyl (C=O) groups is 1. The second-order valence-corrected chi connectivity index (χ2v) is 9.42. The summed E-state index contributed by atoms with van der Waals surface area (Å²) in [7, 11) is 3.28. The number of nitriles is 1. The van der Waals surface area contributed by atoms with Gasteiger partial charge in [0.15, 0.2) is 11.5 Å². The van der Waals surface area contributed by atoms with E-state index >= 15 is 0 Å². The molecule has 7 nitrogen and oxygen atoms in total. The van der Waals surface area contributed by atoms with E-state index in [9.17, 15) is 4.79 Å². The molecule has 0 N–H and O–H groups in total. The number of thiophene rings is 1. The summed E-state index contributed by atoms with van der Waals surface area (Å²) in [5.74, 6) is 1.51. The average molecular weight is 479 g/mol. The Morgan fingerprint density at radius 3 is 2.71 bits per heavy atom. The molecule has 1 aromatic carbocycles. The molecular weight excluding hydrogens is 448 g/mol. The lowest BCUT2D eigenvalue weighted by Gasteiger charge is -2.37. The average Bonchev–Trinajstić information content (AvgIpc) is 3.47. The van der Waals surface area contributed by atoms with Crippen LogP contribution in [0.4, 0.5) is 0 Å². The fraction of sp³-hybridized carbons (Fsp3) is 0.423. The maximum absolute atomic E-state index is 13.6. The highest BCUT2D eigenvalue weighted by Gasteiger charge is 2.34. The molecule has 0 radical (unpaired) electrons. The molecule has 34 heavy (non-hydrogen) atoms. The van der Waals surface area contributed by atoms with E-state index in [1.54, 1.807) is 25.6 Å². The van der Waals surface area contributed by atoms with Crippen molar-refractivity contribution in [2.75, 3.05) is 20.8 Å². The van der Waals surface area contributed by atoms with Gasteiger partial charge in [0, 0.05) is 23.5 Å². The minimum atomic E-state index is -0.142. The second-order valence-electron chi connectivity index (χ2n) is 8.44. The maximum atomic E-state index is 13.6. The Bertz CT molecular complexity index is 1210. The lowest BCUT2D eigenvalue weighted by molar-refractivity contribution is -0.133. The second kappa shape index (κ2) is 10.3. The van der Waals surface area contributed by atoms with Gasteiger partial charge in [-0.2, -0.15) is 10.4 Å². The predicted molar refractivity (Wildman–Crippen MR) is 131 cm³/mol. The Labute approximate surface area is 204 Å². The Morgan fingerprint density at radius 2 is 2.03 bits per heavy atom. The van der Waals surface area contributed by atoms with Crippen molar-refractivity contribution in [1.29, 1.82) is 5.26 Å². The van der Waals surface area contributed by atoms with Crippen molar-refractivity contribution in [2.45, 2.75) is 52.1 Å². The van der Waals surface area contributed by atoms with Crippen molar-refractivity contribution in [3.05, 3.63) is 62.6 Å². The molecule has 4 rings (SSSR count). The molecule has 0 aliphatic carbocycles. The van der Waals surface area contributed by atoms with Crippen LogP contribution in [-0.4, -0.2) is 41.4 Å². The Hall–Kier alpha value is -3.31. The summed E-state index contributed by atoms with van der Waals surface area (Å²) in [6, 6.07) is 10.2. The number of rotatable bonds is 8. The SMILES string of the molecule is COc1cc2c(cc1OC)C(c1cccs1)N(C(=O)CCc1c(C)nn(CCC#N)c1C)CC2. The van der Waals surface area contributed by atoms with Gasteiger partial charge in [-0.05, 0) is 67.0 Å². The standard InChI is InChI=1S/C26H30N4O3S/c1-17-20(18(2)30(28-17)12-6-11-27)8-9-25(31)29-13-10-19-15-22(32-3)23(33-4)16-21(19)26(29)24-7-5-14-34-24/h5,7,14-16,26H,6,8-10,12-13H2,1-4H3. The molecule has 1 amide bonds. The molecule has 0 saturated carbocycles. The number of ether oxygens (including phenoxy) is 2. The molecule has 1 aliphatic heterocycles. The smallest absolute Gasteiger partial charge is 0.223 e. The highest BCUT2D eigenvalue weighted by molar-refractivity contribution is 7.10. The third-order valence-electron chi connectivity index (χ3n) is 6.56. The van der Waals surface area contributed by atoms with E-state index in [4.69, 9.17) is 14.7 Å². The summed E-state index contributed by atoms with van der Waals surface area (Å²) in [6.07, 6.45) is 2.24. The third-order valence-corrected chi connectivity index (χ3v) is 7.49. The first kappa shape index (κ1) is 23.8. The summed E-state index contributed by atoms with van der Waals surface area (Å²) in [5, 5.41) is 15.5. The number of nitrogens with zero attached hydrogens (tertiary/aromatic N) is 4. The molecule has 1 atom stereocenters. The van der Waals surface area contributed by atoms with Crippen molar-refractivity contribution in [1.82, 2.24) is 14.7 Å². The number of aromatic nitrogens is 2. The first-order chi connectivity index (χ1) is 16.5. The Kier molecular flexibility index (Phi) is 7.23. The van der Waals surface area contributed by atoms with Crippen LogP contribution in [0.15, 0.2) is 29.6 Å². The van der Waals surface area contributed by atoms with Gasteiger partial charge in [-0.15, -0.1) is 11.3 Å². The Balaban J connectivity index is 1.60. The monoisotopic (exact) mass is 478 g/mol. The molecule has 3 heterocycles. The number of benzene rings is 1. The summed E-state index contributed by atoms with van der Waals surface area (Å²) in [4.78, 5) is 16.7. The highest BCUT2D eigenvalue weighted by Crippen LogP contribution is 2.42. The van der Waals surface area contributed by atoms with Crippen LogP contribution in [0.25, 0.3) is 0 Å². The van der Waals surface area contributed by atoms with Crippen LogP contribution in [0.3, 0.4) is 0 Å². The molecule has 178 valence electrons. The molecule has 0 bridgehead atoms. The molecule has 0 fully saturated rings. The fourth-order valence-corrected chi connectivity index (χ4v) is 5.67. The van der Waals surface area contributed by atoms with Crippen LogP contribution in [0.2, 0.25) is 0 Å². The first-order valence-corrected chi connectivity index (χ1v) is 12.3. The lowest BCUT2D eigenvalue weighted by atomic mass is 9.90. The number of methoxy groups -OCH3 is 2. The van der Waals surface area contributed by atoms with Crippen molar-refractivity contribution in [3.63, 3.8) is 0 Å². The first-order valence-electron chi connectivity index (χ1n) is 11.5. The van der Waals surface area contributed by atoms with Crippen LogP contribution in [0, 0.1) is 25.2 Å². The van der Waals surface area contributed by atoms with Crippen LogP contribution in [-0.2, 0) is 24.2 Å². The number of fused-ring (bicyclic) bond motifs is 1. The van der Waals surface area contributed by atoms with Gasteiger partial charge < -0.3 is 14.4 Å². The van der Waals surface area contributed by atoms with Gasteiger partial charge in [0.1, 0.15) is 0 Å². The molecule has 0 spiro atoms. The molecule has 3 aromatic rings. The van der Waals surface area contributed by atoms with Gasteiger partial charge in [0.2, 0.25) is 5.91 Å². The van der Waals surface area contributed by atoms with E-state index < -0.39 is 0 Å². The minimum Gasteiger partial charge on any atom is -0.493 e. The quantitative estimate of drug-likeness (QED) is 0.473. The number of carbonyl (C=O) groups excluding carboxylic acids is 1. The number of amides is 1. The summed E-state index contributed by atoms with van der Waals surface area (Å²) in [5.41, 5.74) is 5.35. The molecule has 1 unspecified atom stereocenters. The number of hydrogen-bond donors (Lipinski definition) is 0. The zero-order valence-electron chi connectivity index (χ0n) is 20.1. The molecule has 1 aliphatic rings. The number of hydrogen-bond acceptors (Lipinski definition) is 6. The zero-order chi connectivity index (χ0) is 24.2. The van der Waals surface area contributed by atoms with E-state index in [1.807, 2.05) is 41.6 Å². The van der Waals surface area contributed by atoms with Crippen LogP contribution in [0.5, 0.6) is 11.5 Å². The fourth-order valence-electron chi connectivity index (χ4n) is 4.81. The van der Waals surface area contributed by atoms with E-state index in [2.05, 4.69) is 22.6 Å². The van der Waals surface area contributed by atoms with Crippen molar-refractivity contribution in [3.8, 4) is 17.6 Å². The van der Waals surface area contributed by atoms with Gasteiger partial charge in [0.05, 0.1) is 45.0 Å². The van der Waals surface area contributed by atoms with E-state index in [0.29, 0.717) is 43.9 Å². The van der Waals surface area contributed by atoms with Crippen molar-refractivity contribution < 1.29 is 14.3 Å². The van der Waals surface area contributed by atoms with E-state index in [1.165, 1.54) is 5.56 Å². The van der Waals surface area contributed by atoms with Crippen LogP contribution in [0.1, 0.15) is 51.8 Å². The highest BCUT2D eigenvalue weighted by atomic mass is 32.1. The summed E-state index contributed by atoms with van der Waals surface area (Å²) >= 11 is 1.66. The third kappa shape index (κ3) is 4.53. The summed E-state index contributed by atoms with van der Waals surface area (Å²) in [6.45, 7) is 5.22. The molecule has 8 heteroatoms. The summed E-state index contributed by atoms with van der Waals surface area (Å²) < 4.78 is 13.0. The largest absolute Gasteiger partial charge is 0.493 e. The van der Waals surface area contributed by atoms with E-state index in [0.717, 1.165) is 33.8 Å². The van der Waals surface area contributed by atoms with Gasteiger partial charge in [-0.1, -0.05) is 6.07 Å². The topological polar surface area (TPSA) is 80.4 Å². The molecular formula is C26H30N4O3S. The van der Waals surface area contributed by atoms with Crippen LogP contribution >= 0.6 is 11.3 Å². The lowest BCUT2D eigenvalue weighted by Crippen LogP contribution is -2.40. The Morgan fingerprint density at radius 1 is 1.26 bits per heavy atom. The minimum absolute atomic E-state index is 0.127. The number of aryl methyl sites for hydroxylation is 2. The van der Waals surface area contributed by atoms with Crippen molar-refractivity contribution in [2.24, 2.45) is 0 Å². The van der Waals surface area contributed by atoms with Crippen molar-refractivity contribution >= 4 is 17.2 Å². The van der Waals surface area contributed by atoms with Gasteiger partial charge in [-0.25, -0.2) is 0 Å². The predicted octanol–water partition coefficient (Wildman–Crippen LogP) is 4.60. The molecule has 2 aromatic heterocycles. The van der Waals surface area contributed by atoms with Gasteiger partial charge in [0.25, 0.3) is 0 Å². The van der Waals surface area contributed by atoms with Crippen LogP contribution < -0.4 is 9.47 Å². The maximum Gasteiger partial charge on any atom is 0.223 e. The van der Waals surface area contributed by atoms with E-state index in [-0.39, 0.29) is 11.9 Å². The van der Waals surface area contributed by atoms with Gasteiger partial charge in [-0.3, -0.25) is 9.48 Å². The van der Waals surface area contributed by atoms with Gasteiger partial charge >= 0.3 is 0 Å².